The Hall–Kier alpha value is -2.92. The summed E-state index contributed by atoms with van der Waals surface area (Å²) < 4.78 is 0. The Morgan fingerprint density at radius 1 is 1.00 bits per heavy atom. The lowest BCUT2D eigenvalue weighted by molar-refractivity contribution is 0.102. The maximum atomic E-state index is 12.4. The van der Waals surface area contributed by atoms with Crippen LogP contribution in [-0.2, 0) is 0 Å². The monoisotopic (exact) mass is 352 g/mol. The van der Waals surface area contributed by atoms with Crippen LogP contribution in [0, 0.1) is 13.8 Å². The quantitative estimate of drug-likeness (QED) is 0.711. The summed E-state index contributed by atoms with van der Waals surface area (Å²) in [7, 11) is 0. The first-order valence-electron chi connectivity index (χ1n) is 7.76. The predicted molar refractivity (Wildman–Crippen MR) is 101 cm³/mol. The Labute approximate surface area is 151 Å². The number of nitrogens with zero attached hydrogens (tertiary/aromatic N) is 2. The number of aromatic nitrogens is 2. The van der Waals surface area contributed by atoms with Crippen LogP contribution in [-0.4, -0.2) is 15.9 Å². The Balaban J connectivity index is 1.82. The van der Waals surface area contributed by atoms with Crippen LogP contribution in [0.3, 0.4) is 0 Å². The van der Waals surface area contributed by atoms with Gasteiger partial charge in [0.05, 0.1) is 10.7 Å². The SMILES string of the molecule is Cc1cccc(C)c1Nc1cc(C(=O)Nc2ccccc2Cl)ncn1. The first kappa shape index (κ1) is 16.9. The number of hydrogen-bond acceptors (Lipinski definition) is 4. The van der Waals surface area contributed by atoms with E-state index in [1.807, 2.05) is 32.0 Å². The second kappa shape index (κ2) is 7.32. The van der Waals surface area contributed by atoms with Crippen molar-refractivity contribution >= 4 is 34.7 Å². The minimum Gasteiger partial charge on any atom is -0.340 e. The molecule has 126 valence electrons. The second-order valence-electron chi connectivity index (χ2n) is 5.61. The number of aryl methyl sites for hydroxylation is 2. The number of nitrogens with one attached hydrogen (secondary N) is 2. The topological polar surface area (TPSA) is 66.9 Å². The molecule has 6 heteroatoms. The van der Waals surface area contributed by atoms with Crippen molar-refractivity contribution in [2.75, 3.05) is 10.6 Å². The highest BCUT2D eigenvalue weighted by molar-refractivity contribution is 6.33. The van der Waals surface area contributed by atoms with E-state index in [2.05, 4.69) is 20.6 Å². The third kappa shape index (κ3) is 3.95. The molecule has 2 N–H and O–H groups in total. The van der Waals surface area contributed by atoms with Gasteiger partial charge in [0, 0.05) is 11.8 Å². The maximum absolute atomic E-state index is 12.4. The summed E-state index contributed by atoms with van der Waals surface area (Å²) in [4.78, 5) is 20.7. The van der Waals surface area contributed by atoms with E-state index in [-0.39, 0.29) is 11.6 Å². The average Bonchev–Trinajstić information content (AvgIpc) is 2.60. The highest BCUT2D eigenvalue weighted by Crippen LogP contribution is 2.24. The largest absolute Gasteiger partial charge is 0.340 e. The molecule has 3 aromatic rings. The van der Waals surface area contributed by atoms with E-state index in [0.29, 0.717) is 16.5 Å². The van der Waals surface area contributed by atoms with Gasteiger partial charge in [-0.3, -0.25) is 4.79 Å². The Bertz CT molecular complexity index is 907. The van der Waals surface area contributed by atoms with Gasteiger partial charge in [-0.05, 0) is 37.1 Å². The van der Waals surface area contributed by atoms with E-state index >= 15 is 0 Å². The molecule has 0 atom stereocenters. The molecule has 0 aliphatic heterocycles. The lowest BCUT2D eigenvalue weighted by Gasteiger charge is -2.12. The molecular weight excluding hydrogens is 336 g/mol. The summed E-state index contributed by atoms with van der Waals surface area (Å²) in [6.07, 6.45) is 1.36. The molecule has 0 saturated carbocycles. The van der Waals surface area contributed by atoms with Crippen LogP contribution >= 0.6 is 11.6 Å². The van der Waals surface area contributed by atoms with Crippen molar-refractivity contribution in [1.82, 2.24) is 9.97 Å². The minimum absolute atomic E-state index is 0.253. The minimum atomic E-state index is -0.347. The van der Waals surface area contributed by atoms with Crippen LogP contribution in [0.2, 0.25) is 5.02 Å². The smallest absolute Gasteiger partial charge is 0.274 e. The molecule has 2 aromatic carbocycles. The number of rotatable bonds is 4. The first-order valence-corrected chi connectivity index (χ1v) is 8.13. The molecular formula is C19H17ClN4O. The summed E-state index contributed by atoms with van der Waals surface area (Å²) in [6.45, 7) is 4.03. The van der Waals surface area contributed by atoms with Crippen molar-refractivity contribution < 1.29 is 4.79 Å². The summed E-state index contributed by atoms with van der Waals surface area (Å²) in [5.74, 6) is 0.205. The Kier molecular flexibility index (Phi) is 4.95. The van der Waals surface area contributed by atoms with Crippen LogP contribution in [0.25, 0.3) is 0 Å². The van der Waals surface area contributed by atoms with Crippen LogP contribution in [0.5, 0.6) is 0 Å². The van der Waals surface area contributed by atoms with E-state index in [0.717, 1.165) is 16.8 Å². The lowest BCUT2D eigenvalue weighted by Crippen LogP contribution is -2.14. The molecule has 5 nitrogen and oxygen atoms in total. The van der Waals surface area contributed by atoms with Gasteiger partial charge in [-0.2, -0.15) is 0 Å². The number of anilines is 3. The molecule has 25 heavy (non-hydrogen) atoms. The normalized spacial score (nSPS) is 10.4. The fourth-order valence-corrected chi connectivity index (χ4v) is 2.62. The molecule has 0 saturated heterocycles. The van der Waals surface area contributed by atoms with Gasteiger partial charge in [0.1, 0.15) is 17.8 Å². The molecule has 1 heterocycles. The molecule has 0 radical (unpaired) electrons. The maximum Gasteiger partial charge on any atom is 0.274 e. The average molecular weight is 353 g/mol. The van der Waals surface area contributed by atoms with Crippen molar-refractivity contribution in [3.05, 3.63) is 76.7 Å². The second-order valence-corrected chi connectivity index (χ2v) is 6.02. The van der Waals surface area contributed by atoms with Crippen molar-refractivity contribution in [3.63, 3.8) is 0 Å². The molecule has 0 aliphatic rings. The first-order chi connectivity index (χ1) is 12.0. The molecule has 0 aliphatic carbocycles. The molecule has 0 spiro atoms. The van der Waals surface area contributed by atoms with Gasteiger partial charge in [0.25, 0.3) is 5.91 Å². The fourth-order valence-electron chi connectivity index (χ4n) is 2.44. The molecule has 0 bridgehead atoms. The number of amides is 1. The number of carbonyl (C=O) groups excluding carboxylic acids is 1. The predicted octanol–water partition coefficient (Wildman–Crippen LogP) is 4.74. The van der Waals surface area contributed by atoms with Gasteiger partial charge in [-0.25, -0.2) is 9.97 Å². The Morgan fingerprint density at radius 2 is 1.72 bits per heavy atom. The van der Waals surface area contributed by atoms with Gasteiger partial charge in [-0.15, -0.1) is 0 Å². The van der Waals surface area contributed by atoms with Crippen LogP contribution in [0.4, 0.5) is 17.2 Å². The van der Waals surface area contributed by atoms with Gasteiger partial charge in [0.15, 0.2) is 0 Å². The highest BCUT2D eigenvalue weighted by Gasteiger charge is 2.12. The standard InChI is InChI=1S/C19H17ClN4O/c1-12-6-5-7-13(2)18(12)24-17-10-16(21-11-22-17)19(25)23-15-9-4-3-8-14(15)20/h3-11H,1-2H3,(H,23,25)(H,21,22,24). The summed E-state index contributed by atoms with van der Waals surface area (Å²) >= 11 is 6.07. The van der Waals surface area contributed by atoms with E-state index in [1.165, 1.54) is 6.33 Å². The lowest BCUT2D eigenvalue weighted by atomic mass is 10.1. The Morgan fingerprint density at radius 3 is 2.44 bits per heavy atom. The summed E-state index contributed by atoms with van der Waals surface area (Å²) in [6, 6.07) is 14.7. The zero-order valence-corrected chi connectivity index (χ0v) is 14.6. The van der Waals surface area contributed by atoms with Gasteiger partial charge >= 0.3 is 0 Å². The summed E-state index contributed by atoms with van der Waals surface area (Å²) in [5.41, 5.74) is 3.96. The zero-order chi connectivity index (χ0) is 17.8. The molecule has 1 aromatic heterocycles. The number of halogens is 1. The highest BCUT2D eigenvalue weighted by atomic mass is 35.5. The number of benzene rings is 2. The van der Waals surface area contributed by atoms with E-state index in [4.69, 9.17) is 11.6 Å². The molecule has 1 amide bonds. The van der Waals surface area contributed by atoms with E-state index < -0.39 is 0 Å². The van der Waals surface area contributed by atoms with Crippen LogP contribution < -0.4 is 10.6 Å². The number of carbonyl (C=O) groups is 1. The van der Waals surface area contributed by atoms with Gasteiger partial charge < -0.3 is 10.6 Å². The van der Waals surface area contributed by atoms with E-state index in [1.54, 1.807) is 30.3 Å². The number of hydrogen-bond donors (Lipinski definition) is 2. The van der Waals surface area contributed by atoms with Crippen molar-refractivity contribution in [1.29, 1.82) is 0 Å². The van der Waals surface area contributed by atoms with Crippen LogP contribution in [0.1, 0.15) is 21.6 Å². The molecule has 3 rings (SSSR count). The van der Waals surface area contributed by atoms with Crippen LogP contribution in [0.15, 0.2) is 54.9 Å². The van der Waals surface area contributed by atoms with Crippen molar-refractivity contribution in [2.24, 2.45) is 0 Å². The third-order valence-electron chi connectivity index (χ3n) is 3.76. The van der Waals surface area contributed by atoms with Crippen molar-refractivity contribution in [2.45, 2.75) is 13.8 Å². The molecule has 0 unspecified atom stereocenters. The van der Waals surface area contributed by atoms with E-state index in [9.17, 15) is 4.79 Å². The fraction of sp³-hybridized carbons (Fsp3) is 0.105. The number of para-hydroxylation sites is 2. The third-order valence-corrected chi connectivity index (χ3v) is 4.09. The van der Waals surface area contributed by atoms with Gasteiger partial charge in [-0.1, -0.05) is 41.9 Å². The summed E-state index contributed by atoms with van der Waals surface area (Å²) in [5, 5.41) is 6.48. The van der Waals surface area contributed by atoms with Gasteiger partial charge in [0.2, 0.25) is 0 Å². The molecule has 0 fully saturated rings. The van der Waals surface area contributed by atoms with Crippen molar-refractivity contribution in [3.8, 4) is 0 Å². The zero-order valence-electron chi connectivity index (χ0n) is 13.9.